The zero-order chi connectivity index (χ0) is 13.9. The normalized spacial score (nSPS) is 11.6. The van der Waals surface area contributed by atoms with Crippen molar-refractivity contribution in [3.8, 4) is 11.5 Å². The number of phenols is 2. The summed E-state index contributed by atoms with van der Waals surface area (Å²) in [5, 5.41) is 19.3. The molecule has 100 valence electrons. The predicted octanol–water partition coefficient (Wildman–Crippen LogP) is 3.99. The Kier molecular flexibility index (Phi) is 5.14. The summed E-state index contributed by atoms with van der Waals surface area (Å²) in [6.45, 7) is 2.00. The number of halogens is 3. The first-order valence-corrected chi connectivity index (χ1v) is 6.57. The van der Waals surface area contributed by atoms with Crippen LogP contribution in [0, 0.1) is 0 Å². The van der Waals surface area contributed by atoms with Crippen LogP contribution in [-0.2, 0) is 6.42 Å². The average Bonchev–Trinajstić information content (AvgIpc) is 2.26. The van der Waals surface area contributed by atoms with Gasteiger partial charge in [-0.25, -0.2) is 0 Å². The van der Waals surface area contributed by atoms with E-state index in [-0.39, 0.29) is 11.3 Å². The number of carbonyl (C=O) groups excluding carboxylic acids is 1. The maximum Gasteiger partial charge on any atom is 0.253 e. The summed E-state index contributed by atoms with van der Waals surface area (Å²) in [6, 6.07) is 2.46. The fraction of sp³-hybridized carbons (Fsp3) is 0.417. The molecule has 0 atom stereocenters. The van der Waals surface area contributed by atoms with Gasteiger partial charge in [0.1, 0.15) is 11.5 Å². The second-order valence-electron chi connectivity index (χ2n) is 3.93. The van der Waals surface area contributed by atoms with E-state index in [0.717, 1.165) is 18.9 Å². The van der Waals surface area contributed by atoms with Gasteiger partial charge in [-0.2, -0.15) is 0 Å². The van der Waals surface area contributed by atoms with Crippen molar-refractivity contribution in [1.29, 1.82) is 0 Å². The number of hydrogen-bond donors (Lipinski definition) is 2. The number of phenolic OH excluding ortho intramolecular Hbond substituents is 2. The van der Waals surface area contributed by atoms with Gasteiger partial charge < -0.3 is 10.2 Å². The molecule has 1 aromatic rings. The van der Waals surface area contributed by atoms with Crippen molar-refractivity contribution >= 4 is 40.6 Å². The highest BCUT2D eigenvalue weighted by molar-refractivity contribution is 6.77. The molecule has 1 aromatic carbocycles. The van der Waals surface area contributed by atoms with E-state index in [9.17, 15) is 15.0 Å². The van der Waals surface area contributed by atoms with Gasteiger partial charge in [0.05, 0.1) is 5.56 Å². The number of hydrogen-bond acceptors (Lipinski definition) is 3. The largest absolute Gasteiger partial charge is 0.508 e. The molecule has 6 heteroatoms. The van der Waals surface area contributed by atoms with Gasteiger partial charge in [-0.05, 0) is 24.5 Å². The van der Waals surface area contributed by atoms with Crippen LogP contribution in [0.5, 0.6) is 11.5 Å². The lowest BCUT2D eigenvalue weighted by atomic mass is 10.0. The molecule has 0 spiro atoms. The first-order valence-electron chi connectivity index (χ1n) is 5.43. The molecular formula is C12H13Cl3O3. The van der Waals surface area contributed by atoms with E-state index < -0.39 is 15.3 Å². The van der Waals surface area contributed by atoms with E-state index in [4.69, 9.17) is 34.8 Å². The van der Waals surface area contributed by atoms with Gasteiger partial charge in [-0.15, -0.1) is 0 Å². The van der Waals surface area contributed by atoms with Crippen LogP contribution in [0.2, 0.25) is 0 Å². The number of unbranched alkanes of at least 4 members (excludes halogenated alkanes) is 1. The molecule has 0 unspecified atom stereocenters. The molecule has 2 N–H and O–H groups in total. The maximum atomic E-state index is 11.8. The Morgan fingerprint density at radius 1 is 1.22 bits per heavy atom. The zero-order valence-corrected chi connectivity index (χ0v) is 12.0. The standard InChI is InChI=1S/C12H13Cl3O3/c1-2-3-4-7-5-8(10(17)6-9(7)16)11(18)12(13,14)15/h5-6,16-17H,2-4H2,1H3. The number of benzene rings is 1. The highest BCUT2D eigenvalue weighted by Gasteiger charge is 2.33. The van der Waals surface area contributed by atoms with Gasteiger partial charge >= 0.3 is 0 Å². The van der Waals surface area contributed by atoms with Crippen molar-refractivity contribution in [1.82, 2.24) is 0 Å². The summed E-state index contributed by atoms with van der Waals surface area (Å²) in [7, 11) is 0. The number of carbonyl (C=O) groups is 1. The summed E-state index contributed by atoms with van der Waals surface area (Å²) >= 11 is 16.5. The molecule has 0 saturated heterocycles. The van der Waals surface area contributed by atoms with Crippen LogP contribution < -0.4 is 0 Å². The van der Waals surface area contributed by atoms with Crippen LogP contribution in [0.4, 0.5) is 0 Å². The topological polar surface area (TPSA) is 57.5 Å². The molecular weight excluding hydrogens is 298 g/mol. The van der Waals surface area contributed by atoms with Crippen LogP contribution in [0.3, 0.4) is 0 Å². The highest BCUT2D eigenvalue weighted by Crippen LogP contribution is 2.36. The molecule has 18 heavy (non-hydrogen) atoms. The van der Waals surface area contributed by atoms with Crippen LogP contribution in [0.15, 0.2) is 12.1 Å². The van der Waals surface area contributed by atoms with Crippen molar-refractivity contribution < 1.29 is 15.0 Å². The average molecular weight is 312 g/mol. The molecule has 0 heterocycles. The van der Waals surface area contributed by atoms with Crippen LogP contribution in [0.25, 0.3) is 0 Å². The molecule has 0 aliphatic heterocycles. The van der Waals surface area contributed by atoms with Crippen LogP contribution in [0.1, 0.15) is 35.7 Å². The molecule has 0 bridgehead atoms. The first-order chi connectivity index (χ1) is 8.27. The number of rotatable bonds is 4. The summed E-state index contributed by atoms with van der Waals surface area (Å²) in [6.07, 6.45) is 2.37. The maximum absolute atomic E-state index is 11.8. The first kappa shape index (κ1) is 15.4. The summed E-state index contributed by atoms with van der Waals surface area (Å²) < 4.78 is -2.13. The monoisotopic (exact) mass is 310 g/mol. The van der Waals surface area contributed by atoms with Gasteiger partial charge in [0.2, 0.25) is 5.78 Å². The molecule has 0 saturated carbocycles. The summed E-state index contributed by atoms with van der Waals surface area (Å²) in [5.74, 6) is -1.28. The molecule has 1 rings (SSSR count). The third-order valence-electron chi connectivity index (χ3n) is 2.50. The van der Waals surface area contributed by atoms with Crippen LogP contribution in [-0.4, -0.2) is 19.8 Å². The van der Waals surface area contributed by atoms with Gasteiger partial charge in [0, 0.05) is 6.07 Å². The fourth-order valence-electron chi connectivity index (χ4n) is 1.52. The van der Waals surface area contributed by atoms with E-state index in [1.54, 1.807) is 0 Å². The third-order valence-corrected chi connectivity index (χ3v) is 3.01. The molecule has 0 aliphatic rings. The number of Topliss-reactive ketones (excluding diaryl/α,β-unsaturated/α-hetero) is 1. The molecule has 0 fully saturated rings. The lowest BCUT2D eigenvalue weighted by molar-refractivity contribution is 0.0993. The Morgan fingerprint density at radius 3 is 2.33 bits per heavy atom. The Labute approximate surface area is 120 Å². The van der Waals surface area contributed by atoms with Gasteiger partial charge in [-0.3, -0.25) is 4.79 Å². The fourth-order valence-corrected chi connectivity index (χ4v) is 1.83. The van der Waals surface area contributed by atoms with Crippen molar-refractivity contribution in [3.63, 3.8) is 0 Å². The van der Waals surface area contributed by atoms with E-state index >= 15 is 0 Å². The SMILES string of the molecule is CCCCc1cc(C(=O)C(Cl)(Cl)Cl)c(O)cc1O. The van der Waals surface area contributed by atoms with E-state index in [2.05, 4.69) is 0 Å². The number of ketones is 1. The number of aromatic hydroxyl groups is 2. The Morgan fingerprint density at radius 2 is 1.83 bits per heavy atom. The number of alkyl halides is 3. The lowest BCUT2D eigenvalue weighted by Gasteiger charge is -2.13. The Balaban J connectivity index is 3.16. The minimum Gasteiger partial charge on any atom is -0.508 e. The molecule has 0 aromatic heterocycles. The van der Waals surface area contributed by atoms with Crippen molar-refractivity contribution in [3.05, 3.63) is 23.3 Å². The number of aryl methyl sites for hydroxylation is 1. The van der Waals surface area contributed by atoms with Crippen LogP contribution >= 0.6 is 34.8 Å². The predicted molar refractivity (Wildman–Crippen MR) is 73.0 cm³/mol. The molecule has 0 amide bonds. The Bertz CT molecular complexity index is 453. The van der Waals surface area contributed by atoms with E-state index in [0.29, 0.717) is 12.0 Å². The zero-order valence-electron chi connectivity index (χ0n) is 9.71. The molecule has 0 radical (unpaired) electrons. The van der Waals surface area contributed by atoms with Gasteiger partial charge in [-0.1, -0.05) is 48.1 Å². The second-order valence-corrected chi connectivity index (χ2v) is 6.21. The summed E-state index contributed by atoms with van der Waals surface area (Å²) in [4.78, 5) is 11.8. The lowest BCUT2D eigenvalue weighted by Crippen LogP contribution is -2.19. The third kappa shape index (κ3) is 3.67. The highest BCUT2D eigenvalue weighted by atomic mass is 35.6. The van der Waals surface area contributed by atoms with Gasteiger partial charge in [0.15, 0.2) is 0 Å². The second kappa shape index (κ2) is 6.00. The minimum absolute atomic E-state index is 0.0678. The minimum atomic E-state index is -2.13. The quantitative estimate of drug-likeness (QED) is 0.653. The van der Waals surface area contributed by atoms with Crippen molar-refractivity contribution in [2.75, 3.05) is 0 Å². The van der Waals surface area contributed by atoms with E-state index in [1.807, 2.05) is 6.92 Å². The smallest absolute Gasteiger partial charge is 0.253 e. The van der Waals surface area contributed by atoms with Crippen molar-refractivity contribution in [2.24, 2.45) is 0 Å². The molecule has 0 aliphatic carbocycles. The molecule has 3 nitrogen and oxygen atoms in total. The Hall–Kier alpha value is -0.640. The van der Waals surface area contributed by atoms with Gasteiger partial charge in [0.25, 0.3) is 3.79 Å². The van der Waals surface area contributed by atoms with Crippen molar-refractivity contribution in [2.45, 2.75) is 30.0 Å². The van der Waals surface area contributed by atoms with E-state index in [1.165, 1.54) is 6.07 Å². The summed E-state index contributed by atoms with van der Waals surface area (Å²) in [5.41, 5.74) is 0.450.